The van der Waals surface area contributed by atoms with E-state index in [1.165, 1.54) is 0 Å². The number of hydrogen-bond donors (Lipinski definition) is 1. The van der Waals surface area contributed by atoms with Crippen LogP contribution in [0.25, 0.3) is 10.2 Å². The maximum Gasteiger partial charge on any atom is 0.322 e. The van der Waals surface area contributed by atoms with Crippen LogP contribution in [0.1, 0.15) is 24.8 Å². The van der Waals surface area contributed by atoms with Crippen molar-refractivity contribution < 1.29 is 4.79 Å². The van der Waals surface area contributed by atoms with Crippen LogP contribution in [-0.4, -0.2) is 28.5 Å². The van der Waals surface area contributed by atoms with Crippen molar-refractivity contribution in [3.8, 4) is 0 Å². The first-order chi connectivity index (χ1) is 10.2. The highest BCUT2D eigenvalue weighted by molar-refractivity contribution is 7.18. The Morgan fingerprint density at radius 1 is 1.52 bits per heavy atom. The third kappa shape index (κ3) is 2.93. The predicted octanol–water partition coefficient (Wildman–Crippen LogP) is 4.18. The SMILES string of the molecule is CCC[C@@H]1C=CCN1C(=O)Nc1ccc2nc(C)sc2c1. The molecule has 21 heavy (non-hydrogen) atoms. The van der Waals surface area contributed by atoms with Gasteiger partial charge in [0.1, 0.15) is 0 Å². The molecule has 1 aromatic heterocycles. The first kappa shape index (κ1) is 14.1. The molecule has 5 heteroatoms. The molecule has 0 spiro atoms. The van der Waals surface area contributed by atoms with Crippen molar-refractivity contribution in [2.75, 3.05) is 11.9 Å². The summed E-state index contributed by atoms with van der Waals surface area (Å²) in [5.41, 5.74) is 1.82. The van der Waals surface area contributed by atoms with Crippen molar-refractivity contribution >= 4 is 33.3 Å². The summed E-state index contributed by atoms with van der Waals surface area (Å²) in [5.74, 6) is 0. The Labute approximate surface area is 128 Å². The van der Waals surface area contributed by atoms with Gasteiger partial charge in [-0.25, -0.2) is 9.78 Å². The van der Waals surface area contributed by atoms with Gasteiger partial charge in [-0.3, -0.25) is 0 Å². The fourth-order valence-corrected chi connectivity index (χ4v) is 3.53. The molecule has 0 aliphatic carbocycles. The number of anilines is 1. The number of amides is 2. The number of rotatable bonds is 3. The summed E-state index contributed by atoms with van der Waals surface area (Å²) in [5, 5.41) is 4.04. The number of aromatic nitrogens is 1. The van der Waals surface area contributed by atoms with Crippen molar-refractivity contribution in [2.45, 2.75) is 32.7 Å². The Hall–Kier alpha value is -1.88. The van der Waals surface area contributed by atoms with Crippen LogP contribution in [0.4, 0.5) is 10.5 Å². The smallest absolute Gasteiger partial charge is 0.314 e. The standard InChI is InChI=1S/C16H19N3OS/c1-3-5-13-6-4-9-19(13)16(20)18-12-7-8-14-15(10-12)21-11(2)17-14/h4,6-8,10,13H,3,5,9H2,1-2H3,(H,18,20)/t13-/m1/s1. The first-order valence-corrected chi connectivity index (χ1v) is 8.10. The second-order valence-electron chi connectivity index (χ2n) is 5.28. The number of carbonyl (C=O) groups excluding carboxylic acids is 1. The Kier molecular flexibility index (Phi) is 3.92. The quantitative estimate of drug-likeness (QED) is 0.864. The van der Waals surface area contributed by atoms with Gasteiger partial charge in [0.25, 0.3) is 0 Å². The molecule has 0 unspecified atom stereocenters. The summed E-state index contributed by atoms with van der Waals surface area (Å²) < 4.78 is 1.11. The first-order valence-electron chi connectivity index (χ1n) is 7.29. The molecule has 0 saturated heterocycles. The number of fused-ring (bicyclic) bond motifs is 1. The fourth-order valence-electron chi connectivity index (χ4n) is 2.66. The maximum atomic E-state index is 12.4. The lowest BCUT2D eigenvalue weighted by Crippen LogP contribution is -2.39. The minimum atomic E-state index is -0.0287. The van der Waals surface area contributed by atoms with Crippen molar-refractivity contribution in [3.63, 3.8) is 0 Å². The van der Waals surface area contributed by atoms with Gasteiger partial charge in [-0.15, -0.1) is 11.3 Å². The zero-order valence-electron chi connectivity index (χ0n) is 12.3. The number of carbonyl (C=O) groups is 1. The fraction of sp³-hybridized carbons (Fsp3) is 0.375. The number of nitrogens with zero attached hydrogens (tertiary/aromatic N) is 2. The normalized spacial score (nSPS) is 17.6. The second-order valence-corrected chi connectivity index (χ2v) is 6.52. The number of aryl methyl sites for hydroxylation is 1. The van der Waals surface area contributed by atoms with Crippen LogP contribution in [0.5, 0.6) is 0 Å². The van der Waals surface area contributed by atoms with E-state index >= 15 is 0 Å². The molecule has 0 bridgehead atoms. The van der Waals surface area contributed by atoms with E-state index < -0.39 is 0 Å². The lowest BCUT2D eigenvalue weighted by molar-refractivity contribution is 0.208. The van der Waals surface area contributed by atoms with Gasteiger partial charge in [-0.2, -0.15) is 0 Å². The summed E-state index contributed by atoms with van der Waals surface area (Å²) in [7, 11) is 0. The average molecular weight is 301 g/mol. The van der Waals surface area contributed by atoms with E-state index in [0.717, 1.165) is 33.8 Å². The summed E-state index contributed by atoms with van der Waals surface area (Å²) in [6.07, 6.45) is 6.27. The Bertz CT molecular complexity index is 692. The predicted molar refractivity (Wildman–Crippen MR) is 87.9 cm³/mol. The third-order valence-electron chi connectivity index (χ3n) is 3.65. The van der Waals surface area contributed by atoms with Crippen LogP contribution in [0.2, 0.25) is 0 Å². The molecular weight excluding hydrogens is 282 g/mol. The van der Waals surface area contributed by atoms with Crippen LogP contribution in [0.3, 0.4) is 0 Å². The summed E-state index contributed by atoms with van der Waals surface area (Å²) in [4.78, 5) is 18.7. The molecule has 4 nitrogen and oxygen atoms in total. The second kappa shape index (κ2) is 5.85. The third-order valence-corrected chi connectivity index (χ3v) is 4.59. The van der Waals surface area contributed by atoms with Crippen LogP contribution >= 0.6 is 11.3 Å². The minimum absolute atomic E-state index is 0.0287. The topological polar surface area (TPSA) is 45.2 Å². The van der Waals surface area contributed by atoms with Crippen LogP contribution in [0, 0.1) is 6.92 Å². The van der Waals surface area contributed by atoms with E-state index in [-0.39, 0.29) is 12.1 Å². The molecule has 2 amide bonds. The van der Waals surface area contributed by atoms with Gasteiger partial charge in [0.2, 0.25) is 0 Å². The largest absolute Gasteiger partial charge is 0.322 e. The van der Waals surface area contributed by atoms with Crippen molar-refractivity contribution in [1.29, 1.82) is 0 Å². The van der Waals surface area contributed by atoms with E-state index in [2.05, 4.69) is 29.4 Å². The highest BCUT2D eigenvalue weighted by Crippen LogP contribution is 2.25. The monoisotopic (exact) mass is 301 g/mol. The highest BCUT2D eigenvalue weighted by atomic mass is 32.1. The number of nitrogens with one attached hydrogen (secondary N) is 1. The summed E-state index contributed by atoms with van der Waals surface area (Å²) >= 11 is 1.65. The zero-order valence-corrected chi connectivity index (χ0v) is 13.1. The van der Waals surface area contributed by atoms with Crippen LogP contribution in [0.15, 0.2) is 30.4 Å². The lowest BCUT2D eigenvalue weighted by atomic mass is 10.2. The van der Waals surface area contributed by atoms with Crippen molar-refractivity contribution in [3.05, 3.63) is 35.4 Å². The molecule has 3 rings (SSSR count). The molecule has 1 atom stereocenters. The molecule has 1 aromatic carbocycles. The maximum absolute atomic E-state index is 12.4. The van der Waals surface area contributed by atoms with Crippen molar-refractivity contribution in [2.24, 2.45) is 0 Å². The lowest BCUT2D eigenvalue weighted by Gasteiger charge is -2.24. The molecule has 1 aliphatic heterocycles. The molecule has 2 heterocycles. The average Bonchev–Trinajstić information content (AvgIpc) is 3.04. The van der Waals surface area contributed by atoms with Gasteiger partial charge in [0.05, 0.1) is 21.3 Å². The zero-order chi connectivity index (χ0) is 14.8. The van der Waals surface area contributed by atoms with Gasteiger partial charge in [0.15, 0.2) is 0 Å². The molecular formula is C16H19N3OS. The number of benzene rings is 1. The molecule has 1 N–H and O–H groups in total. The molecule has 110 valence electrons. The van der Waals surface area contributed by atoms with Crippen molar-refractivity contribution in [1.82, 2.24) is 9.88 Å². The Morgan fingerprint density at radius 3 is 3.19 bits per heavy atom. The van der Waals surface area contributed by atoms with E-state index in [4.69, 9.17) is 0 Å². The number of thiazole rings is 1. The van der Waals surface area contributed by atoms with Gasteiger partial charge >= 0.3 is 6.03 Å². The Balaban J connectivity index is 1.73. The molecule has 0 saturated carbocycles. The Morgan fingerprint density at radius 2 is 2.38 bits per heavy atom. The molecule has 0 fully saturated rings. The van der Waals surface area contributed by atoms with Crippen LogP contribution < -0.4 is 5.32 Å². The van der Waals surface area contributed by atoms with Crippen LogP contribution in [-0.2, 0) is 0 Å². The van der Waals surface area contributed by atoms with E-state index in [1.54, 1.807) is 11.3 Å². The molecule has 1 aliphatic rings. The number of urea groups is 1. The molecule has 2 aromatic rings. The van der Waals surface area contributed by atoms with Gasteiger partial charge in [-0.1, -0.05) is 25.5 Å². The van der Waals surface area contributed by atoms with E-state index in [9.17, 15) is 4.79 Å². The summed E-state index contributed by atoms with van der Waals surface area (Å²) in [6, 6.07) is 6.07. The van der Waals surface area contributed by atoms with E-state index in [1.807, 2.05) is 30.0 Å². The van der Waals surface area contributed by atoms with E-state index in [0.29, 0.717) is 6.54 Å². The highest BCUT2D eigenvalue weighted by Gasteiger charge is 2.23. The summed E-state index contributed by atoms with van der Waals surface area (Å²) in [6.45, 7) is 4.83. The van der Waals surface area contributed by atoms with Gasteiger partial charge < -0.3 is 10.2 Å². The van der Waals surface area contributed by atoms with Gasteiger partial charge in [-0.05, 0) is 31.5 Å². The molecule has 0 radical (unpaired) electrons. The minimum Gasteiger partial charge on any atom is -0.314 e. The van der Waals surface area contributed by atoms with Gasteiger partial charge in [0, 0.05) is 12.2 Å². The number of hydrogen-bond acceptors (Lipinski definition) is 3.